The summed E-state index contributed by atoms with van der Waals surface area (Å²) in [7, 11) is 0. The molecule has 0 aromatic heterocycles. The second kappa shape index (κ2) is 4.19. The molecule has 2 unspecified atom stereocenters. The van der Waals surface area contributed by atoms with Crippen LogP contribution in [0.2, 0.25) is 0 Å². The van der Waals surface area contributed by atoms with Crippen molar-refractivity contribution in [2.75, 3.05) is 26.2 Å². The molecule has 2 saturated heterocycles. The number of fused-ring (bicyclic) bond motifs is 1. The lowest BCUT2D eigenvalue weighted by molar-refractivity contribution is -0.953. The van der Waals surface area contributed by atoms with Crippen molar-refractivity contribution in [2.45, 2.75) is 25.4 Å². The van der Waals surface area contributed by atoms with E-state index in [1.807, 2.05) is 0 Å². The fraction of sp³-hybridized carbons (Fsp3) is 0.571. The minimum absolute atomic E-state index is 0.869. The van der Waals surface area contributed by atoms with E-state index in [0.717, 1.165) is 6.04 Å². The molecule has 2 heterocycles. The Bertz CT molecular complexity index is 349. The van der Waals surface area contributed by atoms with Crippen LogP contribution in [0, 0.1) is 0 Å². The molecule has 2 aliphatic heterocycles. The lowest BCUT2D eigenvalue weighted by Crippen LogP contribution is -2.61. The predicted octanol–water partition coefficient (Wildman–Crippen LogP) is 1.77. The van der Waals surface area contributed by atoms with Crippen molar-refractivity contribution < 1.29 is 4.48 Å². The standard InChI is InChI=1S/C14H21N2/c1-2-5-13(6-3-1)12-16-9-4-7-14(16)11-15-8-10-16/h1-3,5-6,14-15H,4,7-12H2/q+1. The van der Waals surface area contributed by atoms with Gasteiger partial charge < -0.3 is 9.80 Å². The summed E-state index contributed by atoms with van der Waals surface area (Å²) in [6, 6.07) is 11.9. The number of piperazine rings is 1. The molecule has 1 aromatic carbocycles. The van der Waals surface area contributed by atoms with E-state index in [1.165, 1.54) is 55.6 Å². The van der Waals surface area contributed by atoms with Crippen LogP contribution in [-0.2, 0) is 6.54 Å². The van der Waals surface area contributed by atoms with Crippen LogP contribution in [0.25, 0.3) is 0 Å². The summed E-state index contributed by atoms with van der Waals surface area (Å²) in [5.41, 5.74) is 1.51. The van der Waals surface area contributed by atoms with Gasteiger partial charge in [-0.05, 0) is 0 Å². The molecule has 86 valence electrons. The normalized spacial score (nSPS) is 33.6. The molecule has 0 radical (unpaired) electrons. The summed E-state index contributed by atoms with van der Waals surface area (Å²) in [6.07, 6.45) is 2.83. The van der Waals surface area contributed by atoms with Crippen molar-refractivity contribution in [2.24, 2.45) is 0 Å². The third-order valence-electron chi connectivity index (χ3n) is 4.37. The van der Waals surface area contributed by atoms with Gasteiger partial charge in [0.1, 0.15) is 12.6 Å². The van der Waals surface area contributed by atoms with Gasteiger partial charge in [0.25, 0.3) is 0 Å². The van der Waals surface area contributed by atoms with E-state index in [0.29, 0.717) is 0 Å². The van der Waals surface area contributed by atoms with E-state index in [-0.39, 0.29) is 0 Å². The van der Waals surface area contributed by atoms with Gasteiger partial charge in [0, 0.05) is 31.5 Å². The van der Waals surface area contributed by atoms with Crippen LogP contribution >= 0.6 is 0 Å². The molecule has 3 rings (SSSR count). The third-order valence-corrected chi connectivity index (χ3v) is 4.37. The summed E-state index contributed by atoms with van der Waals surface area (Å²) >= 11 is 0. The number of hydrogen-bond acceptors (Lipinski definition) is 1. The van der Waals surface area contributed by atoms with E-state index in [1.54, 1.807) is 0 Å². The predicted molar refractivity (Wildman–Crippen MR) is 66.0 cm³/mol. The van der Waals surface area contributed by atoms with Gasteiger partial charge in [-0.2, -0.15) is 0 Å². The Morgan fingerprint density at radius 2 is 2.06 bits per heavy atom. The molecule has 1 N–H and O–H groups in total. The summed E-state index contributed by atoms with van der Waals surface area (Å²) in [5, 5.41) is 3.55. The fourth-order valence-corrected chi connectivity index (χ4v) is 3.49. The van der Waals surface area contributed by atoms with Gasteiger partial charge in [-0.15, -0.1) is 0 Å². The van der Waals surface area contributed by atoms with Gasteiger partial charge in [-0.25, -0.2) is 0 Å². The van der Waals surface area contributed by atoms with Gasteiger partial charge in [0.15, 0.2) is 0 Å². The molecule has 1 aromatic rings. The first-order valence-corrected chi connectivity index (χ1v) is 6.49. The number of rotatable bonds is 2. The maximum atomic E-state index is 3.55. The molecule has 0 aliphatic carbocycles. The number of nitrogens with zero attached hydrogens (tertiary/aromatic N) is 1. The van der Waals surface area contributed by atoms with E-state index in [4.69, 9.17) is 0 Å². The maximum Gasteiger partial charge on any atom is 0.105 e. The van der Waals surface area contributed by atoms with Crippen LogP contribution in [0.15, 0.2) is 30.3 Å². The first-order chi connectivity index (χ1) is 7.89. The average molecular weight is 217 g/mol. The molecule has 0 spiro atoms. The lowest BCUT2D eigenvalue weighted by Gasteiger charge is -2.43. The summed E-state index contributed by atoms with van der Waals surface area (Å²) in [5.74, 6) is 0. The van der Waals surface area contributed by atoms with Crippen molar-refractivity contribution in [3.05, 3.63) is 35.9 Å². The first kappa shape index (κ1) is 10.3. The quantitative estimate of drug-likeness (QED) is 0.745. The third kappa shape index (κ3) is 1.76. The van der Waals surface area contributed by atoms with Crippen LogP contribution in [0.5, 0.6) is 0 Å². The molecule has 2 atom stereocenters. The van der Waals surface area contributed by atoms with Gasteiger partial charge >= 0.3 is 0 Å². The minimum atomic E-state index is 0.869. The monoisotopic (exact) mass is 217 g/mol. The number of quaternary nitrogens is 1. The molecular weight excluding hydrogens is 196 g/mol. The number of nitrogens with one attached hydrogen (secondary N) is 1. The van der Waals surface area contributed by atoms with Crippen LogP contribution in [0.3, 0.4) is 0 Å². The molecular formula is C14H21N2+. The van der Waals surface area contributed by atoms with Crippen molar-refractivity contribution in [3.8, 4) is 0 Å². The Morgan fingerprint density at radius 3 is 2.94 bits per heavy atom. The zero-order valence-corrected chi connectivity index (χ0v) is 9.86. The summed E-state index contributed by atoms with van der Waals surface area (Å²) in [4.78, 5) is 0. The average Bonchev–Trinajstić information content (AvgIpc) is 2.73. The highest BCUT2D eigenvalue weighted by molar-refractivity contribution is 5.13. The Hall–Kier alpha value is -0.860. The molecule has 2 nitrogen and oxygen atoms in total. The van der Waals surface area contributed by atoms with Crippen LogP contribution in [-0.4, -0.2) is 36.7 Å². The van der Waals surface area contributed by atoms with E-state index in [9.17, 15) is 0 Å². The maximum absolute atomic E-state index is 3.55. The van der Waals surface area contributed by atoms with E-state index in [2.05, 4.69) is 35.6 Å². The topological polar surface area (TPSA) is 12.0 Å². The Kier molecular flexibility index (Phi) is 2.70. The highest BCUT2D eigenvalue weighted by Gasteiger charge is 2.43. The first-order valence-electron chi connectivity index (χ1n) is 6.49. The Balaban J connectivity index is 1.81. The molecule has 0 bridgehead atoms. The van der Waals surface area contributed by atoms with Crippen LogP contribution in [0.1, 0.15) is 18.4 Å². The smallest absolute Gasteiger partial charge is 0.105 e. The molecule has 2 fully saturated rings. The lowest BCUT2D eigenvalue weighted by atomic mass is 10.1. The van der Waals surface area contributed by atoms with Crippen LogP contribution in [0.4, 0.5) is 0 Å². The van der Waals surface area contributed by atoms with Crippen molar-refractivity contribution >= 4 is 0 Å². The Labute approximate surface area is 97.9 Å². The van der Waals surface area contributed by atoms with Gasteiger partial charge in [0.05, 0.1) is 13.1 Å². The van der Waals surface area contributed by atoms with Crippen molar-refractivity contribution in [1.82, 2.24) is 5.32 Å². The molecule has 0 amide bonds. The van der Waals surface area contributed by atoms with E-state index >= 15 is 0 Å². The molecule has 2 aliphatic rings. The van der Waals surface area contributed by atoms with Gasteiger partial charge in [-0.1, -0.05) is 30.3 Å². The summed E-state index contributed by atoms with van der Waals surface area (Å²) < 4.78 is 1.34. The Morgan fingerprint density at radius 1 is 1.19 bits per heavy atom. The fourth-order valence-electron chi connectivity index (χ4n) is 3.49. The van der Waals surface area contributed by atoms with Crippen molar-refractivity contribution in [1.29, 1.82) is 0 Å². The molecule has 16 heavy (non-hydrogen) atoms. The zero-order chi connectivity index (χ0) is 10.8. The second-order valence-electron chi connectivity index (χ2n) is 5.31. The van der Waals surface area contributed by atoms with Crippen LogP contribution < -0.4 is 5.32 Å². The largest absolute Gasteiger partial charge is 0.315 e. The number of benzene rings is 1. The second-order valence-corrected chi connectivity index (χ2v) is 5.31. The minimum Gasteiger partial charge on any atom is -0.315 e. The van der Waals surface area contributed by atoms with Crippen molar-refractivity contribution in [3.63, 3.8) is 0 Å². The van der Waals surface area contributed by atoms with Gasteiger partial charge in [0.2, 0.25) is 0 Å². The number of hydrogen-bond donors (Lipinski definition) is 1. The SMILES string of the molecule is c1ccc(C[N+]23CCCC2CNCC3)cc1. The molecule has 0 saturated carbocycles. The van der Waals surface area contributed by atoms with Gasteiger partial charge in [-0.3, -0.25) is 0 Å². The van der Waals surface area contributed by atoms with E-state index < -0.39 is 0 Å². The molecule has 2 heteroatoms. The summed E-state index contributed by atoms with van der Waals surface area (Å²) in [6.45, 7) is 6.38. The highest BCUT2D eigenvalue weighted by atomic mass is 15.4. The zero-order valence-electron chi connectivity index (χ0n) is 9.86. The highest BCUT2D eigenvalue weighted by Crippen LogP contribution is 2.30.